The summed E-state index contributed by atoms with van der Waals surface area (Å²) in [4.78, 5) is 0. The molecule has 0 saturated carbocycles. The van der Waals surface area contributed by atoms with Crippen LogP contribution in [0.1, 0.15) is 13.8 Å². The van der Waals surface area contributed by atoms with E-state index in [-0.39, 0.29) is 5.82 Å². The quantitative estimate of drug-likeness (QED) is 0.777. The summed E-state index contributed by atoms with van der Waals surface area (Å²) in [5, 5.41) is 3.16. The maximum Gasteiger partial charge on any atom is 0.144 e. The fourth-order valence-electron chi connectivity index (χ4n) is 1.10. The molecule has 0 aliphatic carbocycles. The lowest BCUT2D eigenvalue weighted by Crippen LogP contribution is -2.10. The second-order valence-corrected chi connectivity index (χ2v) is 3.14. The van der Waals surface area contributed by atoms with Crippen LogP contribution in [0.25, 0.3) is 0 Å². The zero-order chi connectivity index (χ0) is 9.84. The second kappa shape index (κ2) is 4.12. The van der Waals surface area contributed by atoms with Crippen LogP contribution in [0.15, 0.2) is 18.2 Å². The van der Waals surface area contributed by atoms with Crippen molar-refractivity contribution in [2.75, 3.05) is 12.4 Å². The van der Waals surface area contributed by atoms with E-state index in [0.717, 1.165) is 5.69 Å². The molecule has 1 aromatic carbocycles. The van der Waals surface area contributed by atoms with Gasteiger partial charge in [0.2, 0.25) is 0 Å². The third-order valence-electron chi connectivity index (χ3n) is 1.61. The van der Waals surface area contributed by atoms with Crippen molar-refractivity contribution < 1.29 is 9.13 Å². The van der Waals surface area contributed by atoms with Gasteiger partial charge < -0.3 is 10.1 Å². The first-order chi connectivity index (χ1) is 6.13. The standard InChI is InChI=1S/C10H14FNO/c1-7(2)12-9-5-4-8(11)6-10(9)13-3/h4-7,12H,1-3H3. The van der Waals surface area contributed by atoms with E-state index >= 15 is 0 Å². The second-order valence-electron chi connectivity index (χ2n) is 3.14. The van der Waals surface area contributed by atoms with E-state index in [2.05, 4.69) is 5.32 Å². The predicted octanol–water partition coefficient (Wildman–Crippen LogP) is 2.65. The number of hydrogen-bond donors (Lipinski definition) is 1. The van der Waals surface area contributed by atoms with E-state index in [9.17, 15) is 4.39 Å². The van der Waals surface area contributed by atoms with Crippen LogP contribution in [0.2, 0.25) is 0 Å². The molecule has 0 atom stereocenters. The van der Waals surface area contributed by atoms with E-state index in [1.54, 1.807) is 6.07 Å². The molecular weight excluding hydrogens is 169 g/mol. The minimum atomic E-state index is -0.286. The number of nitrogens with one attached hydrogen (secondary N) is 1. The molecule has 0 spiro atoms. The van der Waals surface area contributed by atoms with Gasteiger partial charge in [-0.05, 0) is 26.0 Å². The molecule has 0 aliphatic rings. The van der Waals surface area contributed by atoms with Crippen molar-refractivity contribution in [1.82, 2.24) is 0 Å². The number of ether oxygens (including phenoxy) is 1. The SMILES string of the molecule is COc1cc(F)ccc1NC(C)C. The Bertz CT molecular complexity index is 286. The molecule has 1 N–H and O–H groups in total. The normalized spacial score (nSPS) is 10.2. The summed E-state index contributed by atoms with van der Waals surface area (Å²) in [6, 6.07) is 4.76. The molecule has 0 fully saturated rings. The van der Waals surface area contributed by atoms with E-state index < -0.39 is 0 Å². The molecule has 0 aromatic heterocycles. The van der Waals surface area contributed by atoms with Gasteiger partial charge in [0.05, 0.1) is 12.8 Å². The molecule has 0 radical (unpaired) electrons. The first-order valence-corrected chi connectivity index (χ1v) is 4.23. The fourth-order valence-corrected chi connectivity index (χ4v) is 1.10. The Morgan fingerprint density at radius 1 is 1.38 bits per heavy atom. The number of methoxy groups -OCH3 is 1. The number of halogens is 1. The lowest BCUT2D eigenvalue weighted by atomic mass is 10.2. The maximum atomic E-state index is 12.8. The number of anilines is 1. The lowest BCUT2D eigenvalue weighted by Gasteiger charge is -2.13. The molecule has 1 aromatic rings. The summed E-state index contributed by atoms with van der Waals surface area (Å²) in [7, 11) is 1.53. The van der Waals surface area contributed by atoms with Crippen LogP contribution in [0.3, 0.4) is 0 Å². The predicted molar refractivity (Wildman–Crippen MR) is 51.7 cm³/mol. The van der Waals surface area contributed by atoms with Gasteiger partial charge in [-0.15, -0.1) is 0 Å². The molecule has 0 saturated heterocycles. The topological polar surface area (TPSA) is 21.3 Å². The summed E-state index contributed by atoms with van der Waals surface area (Å²) < 4.78 is 17.8. The molecule has 3 heteroatoms. The van der Waals surface area contributed by atoms with Crippen molar-refractivity contribution in [3.05, 3.63) is 24.0 Å². The average Bonchev–Trinajstić information content (AvgIpc) is 2.07. The first-order valence-electron chi connectivity index (χ1n) is 4.23. The fraction of sp³-hybridized carbons (Fsp3) is 0.400. The van der Waals surface area contributed by atoms with Gasteiger partial charge in [-0.3, -0.25) is 0 Å². The van der Waals surface area contributed by atoms with Gasteiger partial charge in [0.1, 0.15) is 11.6 Å². The van der Waals surface area contributed by atoms with Crippen LogP contribution in [0.5, 0.6) is 5.75 Å². The Balaban J connectivity index is 2.92. The van der Waals surface area contributed by atoms with Gasteiger partial charge in [0, 0.05) is 12.1 Å². The Morgan fingerprint density at radius 3 is 2.62 bits per heavy atom. The van der Waals surface area contributed by atoms with Gasteiger partial charge in [-0.2, -0.15) is 0 Å². The van der Waals surface area contributed by atoms with Gasteiger partial charge in [0.25, 0.3) is 0 Å². The number of hydrogen-bond acceptors (Lipinski definition) is 2. The molecule has 0 amide bonds. The van der Waals surface area contributed by atoms with Crippen molar-refractivity contribution in [3.8, 4) is 5.75 Å². The average molecular weight is 183 g/mol. The molecule has 72 valence electrons. The van der Waals surface area contributed by atoms with Crippen molar-refractivity contribution >= 4 is 5.69 Å². The van der Waals surface area contributed by atoms with E-state index in [1.165, 1.54) is 19.2 Å². The van der Waals surface area contributed by atoms with Crippen molar-refractivity contribution in [3.63, 3.8) is 0 Å². The highest BCUT2D eigenvalue weighted by Crippen LogP contribution is 2.25. The van der Waals surface area contributed by atoms with Gasteiger partial charge in [0.15, 0.2) is 0 Å². The zero-order valence-electron chi connectivity index (χ0n) is 8.10. The number of rotatable bonds is 3. The van der Waals surface area contributed by atoms with Crippen LogP contribution in [0, 0.1) is 5.82 Å². The highest BCUT2D eigenvalue weighted by atomic mass is 19.1. The van der Waals surface area contributed by atoms with E-state index in [0.29, 0.717) is 11.8 Å². The van der Waals surface area contributed by atoms with Gasteiger partial charge in [-0.1, -0.05) is 0 Å². The van der Waals surface area contributed by atoms with Crippen molar-refractivity contribution in [1.29, 1.82) is 0 Å². The largest absolute Gasteiger partial charge is 0.494 e. The van der Waals surface area contributed by atoms with Crippen molar-refractivity contribution in [2.45, 2.75) is 19.9 Å². The van der Waals surface area contributed by atoms with Crippen LogP contribution >= 0.6 is 0 Å². The van der Waals surface area contributed by atoms with Crippen LogP contribution < -0.4 is 10.1 Å². The third-order valence-corrected chi connectivity index (χ3v) is 1.61. The Morgan fingerprint density at radius 2 is 2.08 bits per heavy atom. The molecule has 2 nitrogen and oxygen atoms in total. The van der Waals surface area contributed by atoms with Gasteiger partial charge >= 0.3 is 0 Å². The molecule has 0 heterocycles. The molecule has 13 heavy (non-hydrogen) atoms. The minimum absolute atomic E-state index is 0.286. The van der Waals surface area contributed by atoms with Crippen molar-refractivity contribution in [2.24, 2.45) is 0 Å². The lowest BCUT2D eigenvalue weighted by molar-refractivity contribution is 0.412. The maximum absolute atomic E-state index is 12.8. The molecule has 0 bridgehead atoms. The Kier molecular flexibility index (Phi) is 3.12. The summed E-state index contributed by atoms with van der Waals surface area (Å²) in [6.45, 7) is 4.03. The Hall–Kier alpha value is -1.25. The first kappa shape index (κ1) is 9.84. The molecular formula is C10H14FNO. The van der Waals surface area contributed by atoms with Crippen LogP contribution in [-0.2, 0) is 0 Å². The zero-order valence-corrected chi connectivity index (χ0v) is 8.10. The molecule has 0 aliphatic heterocycles. The van der Waals surface area contributed by atoms with Gasteiger partial charge in [-0.25, -0.2) is 4.39 Å². The smallest absolute Gasteiger partial charge is 0.144 e. The summed E-state index contributed by atoms with van der Waals surface area (Å²) in [6.07, 6.45) is 0. The monoisotopic (exact) mass is 183 g/mol. The summed E-state index contributed by atoms with van der Waals surface area (Å²) >= 11 is 0. The van der Waals surface area contributed by atoms with Crippen LogP contribution in [0.4, 0.5) is 10.1 Å². The van der Waals surface area contributed by atoms with Crippen LogP contribution in [-0.4, -0.2) is 13.2 Å². The summed E-state index contributed by atoms with van der Waals surface area (Å²) in [5.74, 6) is 0.250. The third kappa shape index (κ3) is 2.61. The highest BCUT2D eigenvalue weighted by molar-refractivity contribution is 5.56. The van der Waals surface area contributed by atoms with E-state index in [4.69, 9.17) is 4.74 Å². The number of benzene rings is 1. The van der Waals surface area contributed by atoms with E-state index in [1.807, 2.05) is 13.8 Å². The minimum Gasteiger partial charge on any atom is -0.494 e. The highest BCUT2D eigenvalue weighted by Gasteiger charge is 2.04. The Labute approximate surface area is 77.7 Å². The summed E-state index contributed by atoms with van der Waals surface area (Å²) in [5.41, 5.74) is 0.818. The molecule has 1 rings (SSSR count). The molecule has 0 unspecified atom stereocenters.